The van der Waals surface area contributed by atoms with E-state index in [0.29, 0.717) is 0 Å². The Bertz CT molecular complexity index is 661. The van der Waals surface area contributed by atoms with Crippen LogP contribution in [0, 0.1) is 0 Å². The third-order valence-corrected chi connectivity index (χ3v) is 3.94. The van der Waals surface area contributed by atoms with Crippen LogP contribution in [-0.2, 0) is 0 Å². The zero-order valence-corrected chi connectivity index (χ0v) is 12.2. The molecule has 1 heterocycles. The Labute approximate surface area is 129 Å². The molecule has 2 nitrogen and oxygen atoms in total. The molecule has 106 valence electrons. The molecule has 0 bridgehead atoms. The second kappa shape index (κ2) is 6.15. The van der Waals surface area contributed by atoms with E-state index in [4.69, 9.17) is 11.6 Å². The van der Waals surface area contributed by atoms with Gasteiger partial charge in [-0.3, -0.25) is 4.98 Å². The number of phenols is 1. The second-order valence-electron chi connectivity index (χ2n) is 5.09. The summed E-state index contributed by atoms with van der Waals surface area (Å²) < 4.78 is 0. The van der Waals surface area contributed by atoms with Crippen LogP contribution in [0.4, 0.5) is 0 Å². The number of aromatic nitrogens is 1. The van der Waals surface area contributed by atoms with Crippen molar-refractivity contribution in [3.8, 4) is 5.75 Å². The van der Waals surface area contributed by atoms with Crippen LogP contribution in [0.5, 0.6) is 5.75 Å². The fraction of sp³-hybridized carbons (Fsp3) is 0.167. The molecule has 1 aromatic heterocycles. The van der Waals surface area contributed by atoms with Gasteiger partial charge in [0.25, 0.3) is 0 Å². The van der Waals surface area contributed by atoms with Crippen LogP contribution in [0.3, 0.4) is 0 Å². The highest BCUT2D eigenvalue weighted by atomic mass is 35.5. The predicted octanol–water partition coefficient (Wildman–Crippen LogP) is 4.41. The minimum absolute atomic E-state index is 0.0622. The van der Waals surface area contributed by atoms with Crippen LogP contribution in [0.1, 0.15) is 23.6 Å². The number of halogens is 1. The first-order valence-electron chi connectivity index (χ1n) is 6.96. The lowest BCUT2D eigenvalue weighted by Crippen LogP contribution is -2.09. The molecular formula is C18H16ClNO. The maximum atomic E-state index is 9.49. The Morgan fingerprint density at radius 1 is 1.14 bits per heavy atom. The van der Waals surface area contributed by atoms with E-state index in [1.165, 1.54) is 5.57 Å². The van der Waals surface area contributed by atoms with Crippen molar-refractivity contribution in [1.82, 2.24) is 4.98 Å². The van der Waals surface area contributed by atoms with Gasteiger partial charge < -0.3 is 5.11 Å². The lowest BCUT2D eigenvalue weighted by molar-refractivity contribution is 0.475. The Kier molecular flexibility index (Phi) is 4.07. The van der Waals surface area contributed by atoms with Gasteiger partial charge in [0.1, 0.15) is 5.75 Å². The van der Waals surface area contributed by atoms with Crippen LogP contribution >= 0.6 is 11.6 Å². The Morgan fingerprint density at radius 2 is 1.95 bits per heavy atom. The molecule has 3 rings (SSSR count). The zero-order chi connectivity index (χ0) is 14.7. The van der Waals surface area contributed by atoms with E-state index < -0.39 is 0 Å². The average Bonchev–Trinajstić information content (AvgIpc) is 2.52. The summed E-state index contributed by atoms with van der Waals surface area (Å²) in [6.45, 7) is 0. The summed E-state index contributed by atoms with van der Waals surface area (Å²) >= 11 is 6.12. The quantitative estimate of drug-likeness (QED) is 0.851. The number of rotatable bonds is 3. The topological polar surface area (TPSA) is 33.1 Å². The molecule has 1 aliphatic rings. The van der Waals surface area contributed by atoms with Gasteiger partial charge in [-0.05, 0) is 41.8 Å². The molecule has 0 saturated carbocycles. The number of hydrogen-bond donors (Lipinski definition) is 1. The highest BCUT2D eigenvalue weighted by Crippen LogP contribution is 2.34. The van der Waals surface area contributed by atoms with Gasteiger partial charge in [-0.25, -0.2) is 0 Å². The van der Waals surface area contributed by atoms with Crippen LogP contribution in [0.15, 0.2) is 72.5 Å². The summed E-state index contributed by atoms with van der Waals surface area (Å²) in [6.07, 6.45) is 8.90. The number of allylic oxidation sites excluding steroid dienone is 4. The molecule has 3 heteroatoms. The number of aromatic hydroxyl groups is 1. The Balaban J connectivity index is 2.03. The summed E-state index contributed by atoms with van der Waals surface area (Å²) in [4.78, 5) is 4.50. The molecule has 0 radical (unpaired) electrons. The van der Waals surface area contributed by atoms with Gasteiger partial charge >= 0.3 is 0 Å². The number of phenolic OH excluding ortho intramolecular Hbond substituents is 1. The van der Waals surface area contributed by atoms with Crippen molar-refractivity contribution in [3.05, 3.63) is 83.7 Å². The molecule has 2 aromatic rings. The molecule has 0 spiro atoms. The monoisotopic (exact) mass is 297 g/mol. The van der Waals surface area contributed by atoms with Gasteiger partial charge in [0.2, 0.25) is 0 Å². The zero-order valence-electron chi connectivity index (χ0n) is 11.5. The third-order valence-electron chi connectivity index (χ3n) is 3.62. The smallest absolute Gasteiger partial charge is 0.115 e. The average molecular weight is 298 g/mol. The molecule has 1 N–H and O–H groups in total. The van der Waals surface area contributed by atoms with E-state index in [-0.39, 0.29) is 17.0 Å². The fourth-order valence-electron chi connectivity index (χ4n) is 2.57. The SMILES string of the molecule is Oc1ccc(C(C2=CCC(Cl)C=C2)c2ccccn2)cc1. The van der Waals surface area contributed by atoms with E-state index in [1.807, 2.05) is 36.4 Å². The van der Waals surface area contributed by atoms with Gasteiger partial charge in [-0.15, -0.1) is 11.6 Å². The maximum absolute atomic E-state index is 9.49. The van der Waals surface area contributed by atoms with Crippen molar-refractivity contribution in [3.63, 3.8) is 0 Å². The molecule has 2 atom stereocenters. The Hall–Kier alpha value is -2.06. The summed E-state index contributed by atoms with van der Waals surface area (Å²) in [6, 6.07) is 13.2. The van der Waals surface area contributed by atoms with E-state index in [1.54, 1.807) is 18.3 Å². The number of hydrogen-bond acceptors (Lipinski definition) is 2. The van der Waals surface area contributed by atoms with Gasteiger partial charge in [0, 0.05) is 6.20 Å². The summed E-state index contributed by atoms with van der Waals surface area (Å²) in [7, 11) is 0. The van der Waals surface area contributed by atoms with E-state index in [0.717, 1.165) is 17.7 Å². The summed E-state index contributed by atoms with van der Waals surface area (Å²) in [5.74, 6) is 0.333. The van der Waals surface area contributed by atoms with E-state index in [9.17, 15) is 5.11 Å². The molecule has 0 saturated heterocycles. The molecule has 2 unspecified atom stereocenters. The van der Waals surface area contributed by atoms with Crippen molar-refractivity contribution in [1.29, 1.82) is 0 Å². The number of benzene rings is 1. The van der Waals surface area contributed by atoms with Crippen LogP contribution in [-0.4, -0.2) is 15.5 Å². The fourth-order valence-corrected chi connectivity index (χ4v) is 2.73. The van der Waals surface area contributed by atoms with Gasteiger partial charge in [-0.2, -0.15) is 0 Å². The standard InChI is InChI=1S/C18H16ClNO/c19-15-8-4-13(5-9-15)18(17-3-1-2-12-20-17)14-6-10-16(21)11-7-14/h1-8,10-12,15,18,21H,9H2. The van der Waals surface area contributed by atoms with Crippen LogP contribution in [0.25, 0.3) is 0 Å². The normalized spacial score (nSPS) is 19.1. The van der Waals surface area contributed by atoms with Crippen LogP contribution in [0.2, 0.25) is 0 Å². The van der Waals surface area contributed by atoms with Crippen LogP contribution < -0.4 is 0 Å². The summed E-state index contributed by atoms with van der Waals surface area (Å²) in [5.41, 5.74) is 3.29. The first-order chi connectivity index (χ1) is 10.2. The molecular weight excluding hydrogens is 282 g/mol. The maximum Gasteiger partial charge on any atom is 0.115 e. The lowest BCUT2D eigenvalue weighted by Gasteiger charge is -2.21. The molecule has 21 heavy (non-hydrogen) atoms. The van der Waals surface area contributed by atoms with E-state index in [2.05, 4.69) is 17.1 Å². The minimum Gasteiger partial charge on any atom is -0.508 e. The van der Waals surface area contributed by atoms with Gasteiger partial charge in [-0.1, -0.05) is 36.4 Å². The van der Waals surface area contributed by atoms with Crippen molar-refractivity contribution < 1.29 is 5.11 Å². The van der Waals surface area contributed by atoms with Crippen molar-refractivity contribution >= 4 is 11.6 Å². The van der Waals surface area contributed by atoms with Crippen molar-refractivity contribution in [2.24, 2.45) is 0 Å². The summed E-state index contributed by atoms with van der Waals surface area (Å²) in [5, 5.41) is 9.56. The molecule has 0 fully saturated rings. The highest BCUT2D eigenvalue weighted by molar-refractivity contribution is 6.22. The first kappa shape index (κ1) is 13.9. The number of alkyl halides is 1. The minimum atomic E-state index is 0.0622. The van der Waals surface area contributed by atoms with Crippen molar-refractivity contribution in [2.45, 2.75) is 17.7 Å². The lowest BCUT2D eigenvalue weighted by atomic mass is 9.85. The highest BCUT2D eigenvalue weighted by Gasteiger charge is 2.20. The van der Waals surface area contributed by atoms with Crippen molar-refractivity contribution in [2.75, 3.05) is 0 Å². The molecule has 0 amide bonds. The predicted molar refractivity (Wildman–Crippen MR) is 85.7 cm³/mol. The number of pyridine rings is 1. The largest absolute Gasteiger partial charge is 0.508 e. The molecule has 0 aliphatic heterocycles. The molecule has 1 aliphatic carbocycles. The van der Waals surface area contributed by atoms with E-state index >= 15 is 0 Å². The Morgan fingerprint density at radius 3 is 2.57 bits per heavy atom. The number of nitrogens with zero attached hydrogens (tertiary/aromatic N) is 1. The second-order valence-corrected chi connectivity index (χ2v) is 5.65. The van der Waals surface area contributed by atoms with Gasteiger partial charge in [0.15, 0.2) is 0 Å². The molecule has 1 aromatic carbocycles. The third kappa shape index (κ3) is 3.17. The van der Waals surface area contributed by atoms with Gasteiger partial charge in [0.05, 0.1) is 17.0 Å². The first-order valence-corrected chi connectivity index (χ1v) is 7.40.